The molecule has 0 aliphatic rings. The van der Waals surface area contributed by atoms with Crippen molar-refractivity contribution in [3.05, 3.63) is 52.7 Å². The second kappa shape index (κ2) is 9.58. The van der Waals surface area contributed by atoms with Crippen molar-refractivity contribution in [1.82, 2.24) is 19.9 Å². The number of carbonyl (C=O) groups is 1. The maximum atomic E-state index is 15.0. The molecule has 0 unspecified atom stereocenters. The molecule has 3 aromatic heterocycles. The van der Waals surface area contributed by atoms with E-state index in [0.29, 0.717) is 5.69 Å². The lowest BCUT2D eigenvalue weighted by Crippen LogP contribution is -2.20. The molecule has 0 atom stereocenters. The number of benzene rings is 1. The average Bonchev–Trinajstić information content (AvgIpc) is 3.20. The second-order valence-electron chi connectivity index (χ2n) is 7.03. The molecule has 0 aliphatic heterocycles. The first-order valence-corrected chi connectivity index (χ1v) is 10.9. The zero-order chi connectivity index (χ0) is 25.3. The Labute approximate surface area is 203 Å². The van der Waals surface area contributed by atoms with Gasteiger partial charge in [-0.1, -0.05) is 22.9 Å². The smallest absolute Gasteiger partial charge is 0.422 e. The summed E-state index contributed by atoms with van der Waals surface area (Å²) in [5, 5.41) is 2.49. The van der Waals surface area contributed by atoms with Crippen LogP contribution in [0.25, 0.3) is 21.5 Å². The van der Waals surface area contributed by atoms with Crippen molar-refractivity contribution >= 4 is 44.3 Å². The first-order valence-electron chi connectivity index (χ1n) is 9.69. The van der Waals surface area contributed by atoms with Gasteiger partial charge in [-0.05, 0) is 25.1 Å². The third-order valence-electron chi connectivity index (χ3n) is 4.55. The summed E-state index contributed by atoms with van der Waals surface area (Å²) in [7, 11) is 1.36. The van der Waals surface area contributed by atoms with Crippen LogP contribution in [0.4, 0.5) is 22.7 Å². The van der Waals surface area contributed by atoms with Gasteiger partial charge in [-0.3, -0.25) is 15.1 Å². The van der Waals surface area contributed by atoms with E-state index in [0.717, 1.165) is 11.3 Å². The van der Waals surface area contributed by atoms with Crippen molar-refractivity contribution < 1.29 is 31.8 Å². The SMILES string of the molecule is COc1ccc(Cl)c(F)c1-c1cc(C)ncc1C(=O)Nc1nc2cnc(OCC(F)(F)F)nc2s1. The molecule has 1 aromatic carbocycles. The number of amides is 1. The first kappa shape index (κ1) is 24.5. The number of alkyl halides is 3. The molecule has 35 heavy (non-hydrogen) atoms. The second-order valence-corrected chi connectivity index (χ2v) is 8.41. The summed E-state index contributed by atoms with van der Waals surface area (Å²) in [5.41, 5.74) is 0.927. The maximum absolute atomic E-state index is 15.0. The van der Waals surface area contributed by atoms with E-state index in [-0.39, 0.29) is 42.9 Å². The van der Waals surface area contributed by atoms with Gasteiger partial charge in [-0.2, -0.15) is 18.2 Å². The largest absolute Gasteiger partial charge is 0.496 e. The van der Waals surface area contributed by atoms with Gasteiger partial charge in [-0.15, -0.1) is 0 Å². The topological polar surface area (TPSA) is 99.1 Å². The van der Waals surface area contributed by atoms with Crippen LogP contribution < -0.4 is 14.8 Å². The molecule has 0 spiro atoms. The fourth-order valence-corrected chi connectivity index (χ4v) is 4.01. The van der Waals surface area contributed by atoms with Crippen molar-refractivity contribution in [2.75, 3.05) is 19.0 Å². The van der Waals surface area contributed by atoms with Gasteiger partial charge in [0, 0.05) is 17.5 Å². The lowest BCUT2D eigenvalue weighted by Gasteiger charge is -2.14. The Bertz CT molecular complexity index is 1430. The number of thiazole rings is 1. The van der Waals surface area contributed by atoms with Crippen molar-refractivity contribution in [2.45, 2.75) is 13.1 Å². The number of hydrogen-bond donors (Lipinski definition) is 1. The van der Waals surface area contributed by atoms with Crippen molar-refractivity contribution in [3.63, 3.8) is 0 Å². The lowest BCUT2D eigenvalue weighted by molar-refractivity contribution is -0.154. The number of pyridine rings is 1. The monoisotopic (exact) mass is 527 g/mol. The van der Waals surface area contributed by atoms with Crippen LogP contribution in [-0.2, 0) is 0 Å². The van der Waals surface area contributed by atoms with Gasteiger partial charge < -0.3 is 9.47 Å². The highest BCUT2D eigenvalue weighted by Gasteiger charge is 2.29. The average molecular weight is 528 g/mol. The molecule has 0 saturated heterocycles. The molecule has 3 heterocycles. The van der Waals surface area contributed by atoms with Crippen LogP contribution in [0, 0.1) is 12.7 Å². The number of nitrogens with one attached hydrogen (secondary N) is 1. The summed E-state index contributed by atoms with van der Waals surface area (Å²) in [5.74, 6) is -1.28. The van der Waals surface area contributed by atoms with Crippen LogP contribution in [0.1, 0.15) is 16.1 Å². The van der Waals surface area contributed by atoms with Crippen LogP contribution in [0.2, 0.25) is 5.02 Å². The van der Waals surface area contributed by atoms with E-state index < -0.39 is 30.5 Å². The van der Waals surface area contributed by atoms with Gasteiger partial charge in [0.2, 0.25) is 0 Å². The number of fused-ring (bicyclic) bond motifs is 1. The predicted molar refractivity (Wildman–Crippen MR) is 121 cm³/mol. The van der Waals surface area contributed by atoms with E-state index in [2.05, 4.69) is 30.0 Å². The quantitative estimate of drug-likeness (QED) is 0.333. The number of halogens is 5. The lowest BCUT2D eigenvalue weighted by atomic mass is 9.98. The van der Waals surface area contributed by atoms with Gasteiger partial charge in [0.25, 0.3) is 5.91 Å². The summed E-state index contributed by atoms with van der Waals surface area (Å²) in [6.45, 7) is 0.123. The van der Waals surface area contributed by atoms with E-state index >= 15 is 0 Å². The van der Waals surface area contributed by atoms with Gasteiger partial charge in [0.15, 0.2) is 22.4 Å². The standard InChI is InChI=1S/C21H14ClF4N5O3S/c1-9-5-10(15-14(33-2)4-3-12(22)16(15)23)11(6-27-9)17(32)30-20-29-13-7-28-19(31-18(13)35-20)34-8-21(24,25)26/h3-7H,8H2,1-2H3,(H,29,30,32). The van der Waals surface area contributed by atoms with Crippen LogP contribution in [0.15, 0.2) is 30.6 Å². The first-order chi connectivity index (χ1) is 16.6. The predicted octanol–water partition coefficient (Wildman–Crippen LogP) is 5.45. The molecule has 0 bridgehead atoms. The van der Waals surface area contributed by atoms with Gasteiger partial charge in [0.1, 0.15) is 11.3 Å². The molecule has 14 heteroatoms. The van der Waals surface area contributed by atoms with Gasteiger partial charge in [-0.25, -0.2) is 14.4 Å². The van der Waals surface area contributed by atoms with E-state index in [9.17, 15) is 22.4 Å². The molecular weight excluding hydrogens is 514 g/mol. The Morgan fingerprint density at radius 3 is 2.69 bits per heavy atom. The zero-order valence-corrected chi connectivity index (χ0v) is 19.5. The summed E-state index contributed by atoms with van der Waals surface area (Å²) in [6.07, 6.45) is -2.10. The van der Waals surface area contributed by atoms with E-state index in [1.807, 2.05) is 0 Å². The van der Waals surface area contributed by atoms with Crippen molar-refractivity contribution in [3.8, 4) is 22.9 Å². The van der Waals surface area contributed by atoms with Crippen LogP contribution in [0.5, 0.6) is 11.8 Å². The van der Waals surface area contributed by atoms with Crippen LogP contribution in [0.3, 0.4) is 0 Å². The Morgan fingerprint density at radius 1 is 1.20 bits per heavy atom. The highest BCUT2D eigenvalue weighted by molar-refractivity contribution is 7.22. The molecule has 1 amide bonds. The van der Waals surface area contributed by atoms with Crippen molar-refractivity contribution in [1.29, 1.82) is 0 Å². The van der Waals surface area contributed by atoms with E-state index in [4.69, 9.17) is 16.3 Å². The number of hydrogen-bond acceptors (Lipinski definition) is 8. The van der Waals surface area contributed by atoms with E-state index in [1.165, 1.54) is 37.7 Å². The molecule has 8 nitrogen and oxygen atoms in total. The van der Waals surface area contributed by atoms with E-state index in [1.54, 1.807) is 6.92 Å². The number of nitrogens with zero attached hydrogens (tertiary/aromatic N) is 4. The molecular formula is C21H14ClF4N5O3S. The molecule has 1 N–H and O–H groups in total. The number of rotatable bonds is 6. The normalized spacial score (nSPS) is 11.5. The minimum atomic E-state index is -4.55. The third kappa shape index (κ3) is 5.41. The fraction of sp³-hybridized carbons (Fsp3) is 0.190. The summed E-state index contributed by atoms with van der Waals surface area (Å²) in [6, 6.07) is 3.84. The molecule has 4 aromatic rings. The molecule has 0 saturated carbocycles. The highest BCUT2D eigenvalue weighted by Crippen LogP contribution is 2.38. The Morgan fingerprint density at radius 2 is 1.97 bits per heavy atom. The Balaban J connectivity index is 1.66. The molecule has 0 fully saturated rings. The number of methoxy groups -OCH3 is 1. The number of ether oxygens (including phenoxy) is 2. The maximum Gasteiger partial charge on any atom is 0.422 e. The number of aryl methyl sites for hydroxylation is 1. The van der Waals surface area contributed by atoms with Gasteiger partial charge >= 0.3 is 12.2 Å². The number of anilines is 1. The van der Waals surface area contributed by atoms with Crippen LogP contribution in [-0.4, -0.2) is 45.7 Å². The highest BCUT2D eigenvalue weighted by atomic mass is 35.5. The van der Waals surface area contributed by atoms with Gasteiger partial charge in [0.05, 0.1) is 29.5 Å². The minimum absolute atomic E-state index is 0.00889. The molecule has 4 rings (SSSR count). The number of carbonyl (C=O) groups excluding carboxylic acids is 1. The number of aromatic nitrogens is 4. The zero-order valence-electron chi connectivity index (χ0n) is 17.9. The summed E-state index contributed by atoms with van der Waals surface area (Å²) in [4.78, 5) is 29.1. The molecule has 182 valence electrons. The fourth-order valence-electron chi connectivity index (χ4n) is 3.06. The van der Waals surface area contributed by atoms with Crippen molar-refractivity contribution in [2.24, 2.45) is 0 Å². The Hall–Kier alpha value is -3.58. The summed E-state index contributed by atoms with van der Waals surface area (Å²) < 4.78 is 61.8. The molecule has 0 radical (unpaired) electrons. The van der Waals surface area contributed by atoms with Crippen LogP contribution >= 0.6 is 22.9 Å². The molecule has 0 aliphatic carbocycles. The minimum Gasteiger partial charge on any atom is -0.496 e. The third-order valence-corrected chi connectivity index (χ3v) is 5.72. The summed E-state index contributed by atoms with van der Waals surface area (Å²) >= 11 is 6.85. The Kier molecular flexibility index (Phi) is 6.72.